The number of phosphoric acid groups is 1. The minimum absolute atomic E-state index is 0.0216. The molecule has 0 spiro atoms. The molecule has 0 aromatic rings. The second-order valence-electron chi connectivity index (χ2n) is 21.8. The van der Waals surface area contributed by atoms with E-state index in [0.717, 1.165) is 122 Å². The minimum atomic E-state index is -4.48. The maximum absolute atomic E-state index is 13.6. The third-order valence-electron chi connectivity index (χ3n) is 13.1. The topological polar surface area (TPSA) is 111 Å². The second-order valence-corrected chi connectivity index (χ2v) is 23.3. The summed E-state index contributed by atoms with van der Waals surface area (Å²) < 4.78 is 30.7. The van der Waals surface area contributed by atoms with Crippen molar-refractivity contribution in [2.45, 2.75) is 251 Å². The zero-order chi connectivity index (χ0) is 57.9. The number of allylic oxidation sites excluding steroid dienone is 21. The van der Waals surface area contributed by atoms with Crippen LogP contribution in [0.15, 0.2) is 134 Å². The van der Waals surface area contributed by atoms with Gasteiger partial charge in [-0.05, 0) is 115 Å². The van der Waals surface area contributed by atoms with Crippen molar-refractivity contribution in [1.82, 2.24) is 5.32 Å². The predicted octanol–water partition coefficient (Wildman–Crippen LogP) is 19.7. The third kappa shape index (κ3) is 58.6. The Hall–Kier alpha value is -3.85. The van der Waals surface area contributed by atoms with Gasteiger partial charge in [-0.1, -0.05) is 245 Å². The smallest absolute Gasteiger partial charge is 0.456 e. The van der Waals surface area contributed by atoms with Crippen molar-refractivity contribution in [2.75, 3.05) is 40.9 Å². The molecule has 3 atom stereocenters. The fourth-order valence-corrected chi connectivity index (χ4v) is 9.03. The van der Waals surface area contributed by atoms with Crippen LogP contribution in [0.1, 0.15) is 239 Å². The number of likely N-dealkylation sites (N-methyl/N-ethyl adjacent to an activating group) is 1. The standard InChI is InChI=1S/C69H117N2O7P/c1-7-10-13-16-19-22-25-28-30-32-33-34-35-36-37-39-40-43-46-49-52-55-58-61-68(72)70-66(65-77-79(74,75)76-64-63-71(4,5)6)67(60-57-54-51-48-45-42-27-24-21-18-15-12-9-3)78-69(73)62-59-56-53-50-47-44-41-38-31-29-26-23-20-17-14-11-8-2/h10-11,13-14,19-20,22-23,28-31,33-34,36-37,41,44,50,53,57,60,66-67H,7-9,12,15-18,21,24-27,32,35,38-40,42-43,45-49,51-52,54-56,58-59,61-65H2,1-6H3,(H-,70,72,74,75)/p+1/b13-10-,14-11-,22-19-,23-20-,30-28-,31-29-,34-33-,37-36-,44-41-,53-50-,60-57-. The number of unbranched alkanes of at least 4 members (excludes halogenated alkanes) is 19. The van der Waals surface area contributed by atoms with Gasteiger partial charge in [0.25, 0.3) is 0 Å². The molecule has 79 heavy (non-hydrogen) atoms. The summed E-state index contributed by atoms with van der Waals surface area (Å²) in [5.41, 5.74) is 0. The van der Waals surface area contributed by atoms with Crippen molar-refractivity contribution in [1.29, 1.82) is 0 Å². The van der Waals surface area contributed by atoms with Crippen LogP contribution in [0, 0.1) is 0 Å². The van der Waals surface area contributed by atoms with Crippen molar-refractivity contribution < 1.29 is 37.3 Å². The molecule has 2 N–H and O–H groups in total. The molecule has 0 radical (unpaired) electrons. The second kappa shape index (κ2) is 57.4. The molecule has 450 valence electrons. The van der Waals surface area contributed by atoms with Crippen LogP contribution in [-0.2, 0) is 27.9 Å². The van der Waals surface area contributed by atoms with E-state index in [2.05, 4.69) is 148 Å². The number of quaternary nitrogens is 1. The van der Waals surface area contributed by atoms with Gasteiger partial charge >= 0.3 is 13.8 Å². The monoisotopic (exact) mass is 1120 g/mol. The first-order chi connectivity index (χ1) is 38.4. The number of amides is 1. The molecule has 10 heteroatoms. The molecule has 0 rings (SSSR count). The molecule has 0 aromatic carbocycles. The Labute approximate surface area is 485 Å². The van der Waals surface area contributed by atoms with Gasteiger partial charge in [0.2, 0.25) is 5.91 Å². The number of carbonyl (C=O) groups is 2. The van der Waals surface area contributed by atoms with Crippen LogP contribution >= 0.6 is 7.82 Å². The van der Waals surface area contributed by atoms with Gasteiger partial charge in [-0.2, -0.15) is 0 Å². The molecule has 0 aliphatic carbocycles. The highest BCUT2D eigenvalue weighted by molar-refractivity contribution is 7.47. The Morgan fingerprint density at radius 1 is 0.456 bits per heavy atom. The van der Waals surface area contributed by atoms with Gasteiger partial charge in [-0.3, -0.25) is 18.6 Å². The van der Waals surface area contributed by atoms with Crippen molar-refractivity contribution in [3.8, 4) is 0 Å². The molecule has 0 saturated carbocycles. The normalized spacial score (nSPS) is 14.6. The number of rotatable bonds is 55. The highest BCUT2D eigenvalue weighted by Gasteiger charge is 2.30. The Bertz CT molecular complexity index is 1810. The number of nitrogens with zero attached hydrogens (tertiary/aromatic N) is 1. The van der Waals surface area contributed by atoms with Crippen LogP contribution < -0.4 is 5.32 Å². The van der Waals surface area contributed by atoms with E-state index in [1.807, 2.05) is 33.3 Å². The summed E-state index contributed by atoms with van der Waals surface area (Å²) in [7, 11) is 1.44. The highest BCUT2D eigenvalue weighted by atomic mass is 31.2. The zero-order valence-electron chi connectivity index (χ0n) is 51.3. The quantitative estimate of drug-likeness (QED) is 0.0205. The third-order valence-corrected chi connectivity index (χ3v) is 14.1. The summed E-state index contributed by atoms with van der Waals surface area (Å²) in [6.45, 7) is 6.72. The molecule has 0 heterocycles. The van der Waals surface area contributed by atoms with Gasteiger partial charge in [-0.25, -0.2) is 4.57 Å². The lowest BCUT2D eigenvalue weighted by Crippen LogP contribution is -2.47. The van der Waals surface area contributed by atoms with Crippen molar-refractivity contribution in [3.63, 3.8) is 0 Å². The maximum atomic E-state index is 13.6. The highest BCUT2D eigenvalue weighted by Crippen LogP contribution is 2.43. The fraction of sp³-hybridized carbons (Fsp3) is 0.652. The number of nitrogens with one attached hydrogen (secondary N) is 1. The Balaban J connectivity index is 5.36. The molecule has 0 aromatic heterocycles. The van der Waals surface area contributed by atoms with E-state index in [-0.39, 0.29) is 31.5 Å². The van der Waals surface area contributed by atoms with E-state index < -0.39 is 20.0 Å². The molecule has 1 amide bonds. The average Bonchev–Trinajstić information content (AvgIpc) is 3.41. The van der Waals surface area contributed by atoms with Gasteiger partial charge in [0.05, 0.1) is 33.8 Å². The summed E-state index contributed by atoms with van der Waals surface area (Å²) in [5, 5.41) is 3.04. The van der Waals surface area contributed by atoms with Crippen LogP contribution in [0.25, 0.3) is 0 Å². The number of phosphoric ester groups is 1. The summed E-state index contributed by atoms with van der Waals surface area (Å²) in [6, 6.07) is -0.888. The van der Waals surface area contributed by atoms with Gasteiger partial charge in [0.1, 0.15) is 19.3 Å². The van der Waals surface area contributed by atoms with Crippen LogP contribution in [0.5, 0.6) is 0 Å². The largest absolute Gasteiger partial charge is 0.472 e. The summed E-state index contributed by atoms with van der Waals surface area (Å²) in [6.07, 6.45) is 81.7. The van der Waals surface area contributed by atoms with Crippen LogP contribution in [0.4, 0.5) is 0 Å². The Kier molecular flexibility index (Phi) is 54.6. The van der Waals surface area contributed by atoms with Crippen molar-refractivity contribution in [2.24, 2.45) is 0 Å². The number of ether oxygens (including phenoxy) is 1. The maximum Gasteiger partial charge on any atom is 0.472 e. The van der Waals surface area contributed by atoms with E-state index in [1.165, 1.54) is 77.0 Å². The van der Waals surface area contributed by atoms with Crippen molar-refractivity contribution >= 4 is 19.7 Å². The molecule has 3 unspecified atom stereocenters. The van der Waals surface area contributed by atoms with E-state index in [0.29, 0.717) is 23.9 Å². The Morgan fingerprint density at radius 2 is 0.823 bits per heavy atom. The molecule has 0 aliphatic rings. The molecule has 0 saturated heterocycles. The number of hydrogen-bond donors (Lipinski definition) is 2. The van der Waals surface area contributed by atoms with E-state index in [4.69, 9.17) is 13.8 Å². The fourth-order valence-electron chi connectivity index (χ4n) is 8.30. The number of carbonyl (C=O) groups excluding carboxylic acids is 2. The molecule has 0 fully saturated rings. The SMILES string of the molecule is CC/C=C\C/C=C\C/C=C\C/C=C\C/C=C\CCCCCCCCCC(=O)NC(COP(=O)(O)OCC[N+](C)(C)C)C(/C=C\CCCCCCCCCCCCC)OC(=O)CCC/C=C\C/C=C\C/C=C\C/C=C\C/C=C\CC. The zero-order valence-corrected chi connectivity index (χ0v) is 52.2. The first-order valence-corrected chi connectivity index (χ1v) is 33.0. The van der Waals surface area contributed by atoms with Crippen LogP contribution in [0.3, 0.4) is 0 Å². The number of hydrogen-bond acceptors (Lipinski definition) is 6. The Morgan fingerprint density at radius 3 is 1.24 bits per heavy atom. The molecule has 0 bridgehead atoms. The summed E-state index contributed by atoms with van der Waals surface area (Å²) in [5.74, 6) is -0.595. The van der Waals surface area contributed by atoms with Gasteiger partial charge in [0.15, 0.2) is 0 Å². The lowest BCUT2D eigenvalue weighted by Gasteiger charge is -2.27. The van der Waals surface area contributed by atoms with Gasteiger partial charge < -0.3 is 19.4 Å². The van der Waals surface area contributed by atoms with E-state index in [1.54, 1.807) is 0 Å². The van der Waals surface area contributed by atoms with Crippen LogP contribution in [0.2, 0.25) is 0 Å². The van der Waals surface area contributed by atoms with Gasteiger partial charge in [0, 0.05) is 12.8 Å². The first kappa shape index (κ1) is 75.2. The lowest BCUT2D eigenvalue weighted by atomic mass is 10.0. The predicted molar refractivity (Wildman–Crippen MR) is 341 cm³/mol. The van der Waals surface area contributed by atoms with Gasteiger partial charge in [-0.15, -0.1) is 0 Å². The van der Waals surface area contributed by atoms with E-state index in [9.17, 15) is 19.0 Å². The number of esters is 1. The summed E-state index contributed by atoms with van der Waals surface area (Å²) >= 11 is 0. The summed E-state index contributed by atoms with van der Waals surface area (Å²) in [4.78, 5) is 37.7. The molecular weight excluding hydrogens is 1000 g/mol. The van der Waals surface area contributed by atoms with Crippen molar-refractivity contribution in [3.05, 3.63) is 134 Å². The van der Waals surface area contributed by atoms with Crippen LogP contribution in [-0.4, -0.2) is 74.3 Å². The molecular formula is C69H118N2O7P+. The van der Waals surface area contributed by atoms with E-state index >= 15 is 0 Å². The average molecular weight is 1120 g/mol. The minimum Gasteiger partial charge on any atom is -0.456 e. The molecule has 0 aliphatic heterocycles. The first-order valence-electron chi connectivity index (χ1n) is 31.5. The molecule has 9 nitrogen and oxygen atoms in total. The lowest BCUT2D eigenvalue weighted by molar-refractivity contribution is -0.870.